The Labute approximate surface area is 84.7 Å². The van der Waals surface area contributed by atoms with E-state index in [4.69, 9.17) is 18.6 Å². The molecule has 3 heteroatoms. The molecule has 70 valence electrons. The second-order valence-electron chi connectivity index (χ2n) is 3.73. The Hall–Kier alpha value is -0.750. The number of hydrogen-bond donors (Lipinski definition) is 1. The first-order chi connectivity index (χ1) is 6.33. The van der Waals surface area contributed by atoms with Crippen LogP contribution in [-0.2, 0) is 0 Å². The molecule has 0 aromatic carbocycles. The summed E-state index contributed by atoms with van der Waals surface area (Å²) in [5.41, 5.74) is 0. The first kappa shape index (κ1) is 8.83. The van der Waals surface area contributed by atoms with Gasteiger partial charge >= 0.3 is 0 Å². The van der Waals surface area contributed by atoms with E-state index in [0.29, 0.717) is 18.6 Å². The topological polar surface area (TPSA) is 15.3 Å². The Morgan fingerprint density at radius 2 is 1.92 bits per heavy atom. The van der Waals surface area contributed by atoms with E-state index in [0.717, 1.165) is 5.11 Å². The molecule has 0 aromatic heterocycles. The lowest BCUT2D eigenvalue weighted by molar-refractivity contribution is 0.395. The van der Waals surface area contributed by atoms with Crippen LogP contribution in [-0.4, -0.2) is 28.6 Å². The van der Waals surface area contributed by atoms with Gasteiger partial charge in [0.1, 0.15) is 0 Å². The number of nitrogens with one attached hydrogen (secondary N) is 1. The van der Waals surface area contributed by atoms with Crippen molar-refractivity contribution < 1.29 is 0 Å². The van der Waals surface area contributed by atoms with Crippen LogP contribution >= 0.6 is 12.2 Å². The minimum Gasteiger partial charge on any atom is -0.352 e. The molecule has 2 heterocycles. The SMILES string of the molecule is C#CCNC(=S)N1C2CCC1CC2. The van der Waals surface area contributed by atoms with E-state index >= 15 is 0 Å². The fraction of sp³-hybridized carbons (Fsp3) is 0.700. The van der Waals surface area contributed by atoms with Crippen LogP contribution in [0.2, 0.25) is 0 Å². The van der Waals surface area contributed by atoms with E-state index in [1.54, 1.807) is 0 Å². The summed E-state index contributed by atoms with van der Waals surface area (Å²) < 4.78 is 0. The highest BCUT2D eigenvalue weighted by Crippen LogP contribution is 2.37. The molecule has 2 bridgehead atoms. The van der Waals surface area contributed by atoms with Gasteiger partial charge in [0.15, 0.2) is 5.11 Å². The second kappa shape index (κ2) is 3.55. The first-order valence-corrected chi connectivity index (χ1v) is 5.23. The Morgan fingerprint density at radius 3 is 2.38 bits per heavy atom. The normalized spacial score (nSPS) is 30.2. The van der Waals surface area contributed by atoms with E-state index in [2.05, 4.69) is 16.1 Å². The quantitative estimate of drug-likeness (QED) is 0.497. The molecule has 2 aliphatic heterocycles. The average molecular weight is 194 g/mol. The van der Waals surface area contributed by atoms with Crippen molar-refractivity contribution >= 4 is 17.3 Å². The molecular formula is C10H14N2S. The average Bonchev–Trinajstić information content (AvgIpc) is 2.73. The van der Waals surface area contributed by atoms with Crippen LogP contribution in [0.1, 0.15) is 25.7 Å². The summed E-state index contributed by atoms with van der Waals surface area (Å²) in [6, 6.07) is 1.39. The third kappa shape index (κ3) is 1.51. The number of terminal acetylenes is 1. The molecule has 2 fully saturated rings. The summed E-state index contributed by atoms with van der Waals surface area (Å²) >= 11 is 5.29. The number of hydrogen-bond acceptors (Lipinski definition) is 1. The Morgan fingerprint density at radius 1 is 1.38 bits per heavy atom. The van der Waals surface area contributed by atoms with Gasteiger partial charge in [-0.15, -0.1) is 6.42 Å². The number of rotatable bonds is 1. The maximum atomic E-state index is 5.29. The summed E-state index contributed by atoms with van der Waals surface area (Å²) in [6.45, 7) is 0.550. The lowest BCUT2D eigenvalue weighted by Crippen LogP contribution is -2.42. The number of thiocarbonyl (C=S) groups is 1. The zero-order valence-corrected chi connectivity index (χ0v) is 8.44. The van der Waals surface area contributed by atoms with Crippen molar-refractivity contribution in [3.63, 3.8) is 0 Å². The van der Waals surface area contributed by atoms with Crippen molar-refractivity contribution in [3.8, 4) is 12.3 Å². The van der Waals surface area contributed by atoms with Gasteiger partial charge in [-0.1, -0.05) is 5.92 Å². The van der Waals surface area contributed by atoms with Crippen LogP contribution in [0.5, 0.6) is 0 Å². The molecule has 1 N–H and O–H groups in total. The van der Waals surface area contributed by atoms with Gasteiger partial charge in [-0.3, -0.25) is 0 Å². The van der Waals surface area contributed by atoms with E-state index in [1.807, 2.05) is 0 Å². The Balaban J connectivity index is 1.94. The van der Waals surface area contributed by atoms with E-state index in [1.165, 1.54) is 25.7 Å². The van der Waals surface area contributed by atoms with Crippen molar-refractivity contribution in [2.75, 3.05) is 6.54 Å². The molecule has 2 saturated heterocycles. The number of fused-ring (bicyclic) bond motifs is 2. The molecule has 0 amide bonds. The molecule has 0 atom stereocenters. The highest BCUT2D eigenvalue weighted by atomic mass is 32.1. The van der Waals surface area contributed by atoms with E-state index in [-0.39, 0.29) is 0 Å². The largest absolute Gasteiger partial charge is 0.352 e. The second-order valence-corrected chi connectivity index (χ2v) is 4.12. The minimum atomic E-state index is 0.550. The van der Waals surface area contributed by atoms with Gasteiger partial charge in [-0.2, -0.15) is 0 Å². The van der Waals surface area contributed by atoms with Crippen molar-refractivity contribution in [1.29, 1.82) is 0 Å². The lowest BCUT2D eigenvalue weighted by atomic mass is 10.0. The third-order valence-corrected chi connectivity index (χ3v) is 3.38. The van der Waals surface area contributed by atoms with Gasteiger partial charge in [0, 0.05) is 12.1 Å². The molecule has 2 aliphatic rings. The van der Waals surface area contributed by atoms with Crippen molar-refractivity contribution in [1.82, 2.24) is 10.2 Å². The zero-order chi connectivity index (χ0) is 9.26. The van der Waals surface area contributed by atoms with Crippen LogP contribution in [0.25, 0.3) is 0 Å². The van der Waals surface area contributed by atoms with E-state index < -0.39 is 0 Å². The molecule has 2 rings (SSSR count). The van der Waals surface area contributed by atoms with Crippen molar-refractivity contribution in [2.24, 2.45) is 0 Å². The van der Waals surface area contributed by atoms with Crippen LogP contribution < -0.4 is 5.32 Å². The van der Waals surface area contributed by atoms with Gasteiger partial charge in [0.25, 0.3) is 0 Å². The summed E-state index contributed by atoms with van der Waals surface area (Å²) in [4.78, 5) is 2.35. The van der Waals surface area contributed by atoms with Gasteiger partial charge in [0.2, 0.25) is 0 Å². The Bertz CT molecular complexity index is 236. The number of nitrogens with zero attached hydrogens (tertiary/aromatic N) is 1. The first-order valence-electron chi connectivity index (χ1n) is 4.82. The summed E-state index contributed by atoms with van der Waals surface area (Å²) in [5, 5.41) is 3.96. The van der Waals surface area contributed by atoms with Gasteiger partial charge in [-0.25, -0.2) is 0 Å². The summed E-state index contributed by atoms with van der Waals surface area (Å²) in [6.07, 6.45) is 10.4. The van der Waals surface area contributed by atoms with Crippen LogP contribution in [0, 0.1) is 12.3 Å². The maximum absolute atomic E-state index is 5.29. The van der Waals surface area contributed by atoms with Gasteiger partial charge < -0.3 is 10.2 Å². The zero-order valence-electron chi connectivity index (χ0n) is 7.62. The maximum Gasteiger partial charge on any atom is 0.170 e. The molecule has 0 unspecified atom stereocenters. The van der Waals surface area contributed by atoms with Crippen LogP contribution in [0.4, 0.5) is 0 Å². The molecule has 0 aromatic rings. The third-order valence-electron chi connectivity index (χ3n) is 3.03. The van der Waals surface area contributed by atoms with Crippen LogP contribution in [0.15, 0.2) is 0 Å². The predicted molar refractivity (Wildman–Crippen MR) is 57.3 cm³/mol. The summed E-state index contributed by atoms with van der Waals surface area (Å²) in [5.74, 6) is 2.55. The van der Waals surface area contributed by atoms with Crippen LogP contribution in [0.3, 0.4) is 0 Å². The molecule has 0 aliphatic carbocycles. The monoisotopic (exact) mass is 194 g/mol. The smallest absolute Gasteiger partial charge is 0.170 e. The molecule has 2 nitrogen and oxygen atoms in total. The lowest BCUT2D eigenvalue weighted by Gasteiger charge is -2.24. The van der Waals surface area contributed by atoms with Gasteiger partial charge in [-0.05, 0) is 37.9 Å². The van der Waals surface area contributed by atoms with Crippen molar-refractivity contribution in [2.45, 2.75) is 37.8 Å². The standard InChI is InChI=1S/C10H14N2S/c1-2-7-11-10(13)12-8-3-4-9(12)6-5-8/h1,8-9H,3-7H2,(H,11,13). The summed E-state index contributed by atoms with van der Waals surface area (Å²) in [7, 11) is 0. The highest BCUT2D eigenvalue weighted by Gasteiger charge is 2.40. The van der Waals surface area contributed by atoms with E-state index in [9.17, 15) is 0 Å². The van der Waals surface area contributed by atoms with Crippen molar-refractivity contribution in [3.05, 3.63) is 0 Å². The molecular weight excluding hydrogens is 180 g/mol. The molecule has 13 heavy (non-hydrogen) atoms. The highest BCUT2D eigenvalue weighted by molar-refractivity contribution is 7.80. The minimum absolute atomic E-state index is 0.550. The molecule has 0 radical (unpaired) electrons. The van der Waals surface area contributed by atoms with Gasteiger partial charge in [0.05, 0.1) is 6.54 Å². The molecule has 0 saturated carbocycles. The Kier molecular flexibility index (Phi) is 2.41. The fourth-order valence-electron chi connectivity index (χ4n) is 2.46. The fourth-order valence-corrected chi connectivity index (χ4v) is 2.83. The molecule has 0 spiro atoms. The predicted octanol–water partition coefficient (Wildman–Crippen LogP) is 1.12.